The molecule has 0 aliphatic carbocycles. The fourth-order valence-corrected chi connectivity index (χ4v) is 4.78. The lowest BCUT2D eigenvalue weighted by Gasteiger charge is -2.38. The fraction of sp³-hybridized carbons (Fsp3) is 0.750. The van der Waals surface area contributed by atoms with Gasteiger partial charge in [-0.3, -0.25) is 9.80 Å². The van der Waals surface area contributed by atoms with Crippen LogP contribution < -0.4 is 0 Å². The predicted molar refractivity (Wildman–Crippen MR) is 89.2 cm³/mol. The Bertz CT molecular complexity index is 457. The maximum absolute atomic E-state index is 6.25. The summed E-state index contributed by atoms with van der Waals surface area (Å²) in [5.74, 6) is 0. The zero-order chi connectivity index (χ0) is 14.8. The molecule has 2 fully saturated rings. The van der Waals surface area contributed by atoms with E-state index in [0.717, 1.165) is 24.7 Å². The van der Waals surface area contributed by atoms with Gasteiger partial charge in [-0.1, -0.05) is 11.6 Å². The van der Waals surface area contributed by atoms with Gasteiger partial charge in [0, 0.05) is 37.1 Å². The van der Waals surface area contributed by atoms with Crippen molar-refractivity contribution in [3.8, 4) is 0 Å². The highest BCUT2D eigenvalue weighted by Gasteiger charge is 2.30. The van der Waals surface area contributed by atoms with Crippen molar-refractivity contribution in [1.82, 2.24) is 9.80 Å². The van der Waals surface area contributed by atoms with E-state index in [0.29, 0.717) is 18.2 Å². The molecule has 3 nitrogen and oxygen atoms in total. The summed E-state index contributed by atoms with van der Waals surface area (Å²) in [5, 5.41) is 3.02. The van der Waals surface area contributed by atoms with Crippen LogP contribution in [-0.2, 0) is 11.3 Å². The van der Waals surface area contributed by atoms with E-state index in [9.17, 15) is 0 Å². The van der Waals surface area contributed by atoms with Crippen LogP contribution in [0.2, 0.25) is 5.02 Å². The first-order valence-electron chi connectivity index (χ1n) is 7.95. The molecule has 1 aromatic rings. The smallest absolute Gasteiger partial charge is 0.0678 e. The Morgan fingerprint density at radius 1 is 1.33 bits per heavy atom. The second-order valence-corrected chi connectivity index (χ2v) is 7.84. The van der Waals surface area contributed by atoms with Crippen molar-refractivity contribution in [2.24, 2.45) is 0 Å². The van der Waals surface area contributed by atoms with Gasteiger partial charge >= 0.3 is 0 Å². The number of thiophene rings is 1. The molecule has 0 spiro atoms. The number of likely N-dealkylation sites (tertiary alicyclic amines) is 1. The monoisotopic (exact) mass is 328 g/mol. The Balaban J connectivity index is 1.58. The largest absolute Gasteiger partial charge is 0.373 e. The summed E-state index contributed by atoms with van der Waals surface area (Å²) < 4.78 is 5.84. The van der Waals surface area contributed by atoms with Gasteiger partial charge in [0.2, 0.25) is 0 Å². The first kappa shape index (κ1) is 15.8. The highest BCUT2D eigenvalue weighted by molar-refractivity contribution is 7.10. The normalized spacial score (nSPS) is 31.9. The molecule has 3 rings (SSSR count). The van der Waals surface area contributed by atoms with Gasteiger partial charge in [-0.2, -0.15) is 0 Å². The summed E-state index contributed by atoms with van der Waals surface area (Å²) in [7, 11) is 0. The number of morpholine rings is 1. The lowest BCUT2D eigenvalue weighted by atomic mass is 10.1. The second-order valence-electron chi connectivity index (χ2n) is 6.43. The zero-order valence-corrected chi connectivity index (χ0v) is 14.5. The van der Waals surface area contributed by atoms with Gasteiger partial charge in [0.25, 0.3) is 0 Å². The van der Waals surface area contributed by atoms with E-state index in [-0.39, 0.29) is 0 Å². The van der Waals surface area contributed by atoms with E-state index in [1.54, 1.807) is 11.3 Å². The Morgan fingerprint density at radius 3 is 2.76 bits per heavy atom. The van der Waals surface area contributed by atoms with Crippen LogP contribution in [-0.4, -0.2) is 54.2 Å². The van der Waals surface area contributed by atoms with Crippen LogP contribution in [0.1, 0.15) is 31.6 Å². The molecule has 0 aromatic carbocycles. The van der Waals surface area contributed by atoms with Crippen LogP contribution in [0.5, 0.6) is 0 Å². The van der Waals surface area contributed by atoms with Crippen LogP contribution in [0.15, 0.2) is 11.4 Å². The maximum Gasteiger partial charge on any atom is 0.0678 e. The van der Waals surface area contributed by atoms with E-state index < -0.39 is 0 Å². The third kappa shape index (κ3) is 3.99. The van der Waals surface area contributed by atoms with Gasteiger partial charge < -0.3 is 4.74 Å². The molecule has 2 aliphatic heterocycles. The molecule has 3 heterocycles. The quantitative estimate of drug-likeness (QED) is 0.841. The van der Waals surface area contributed by atoms with Crippen LogP contribution in [0.25, 0.3) is 0 Å². The molecule has 0 N–H and O–H groups in total. The number of ether oxygens (including phenoxy) is 1. The van der Waals surface area contributed by atoms with Crippen molar-refractivity contribution in [1.29, 1.82) is 0 Å². The summed E-state index contributed by atoms with van der Waals surface area (Å²) >= 11 is 8.03. The van der Waals surface area contributed by atoms with Crippen molar-refractivity contribution < 1.29 is 4.74 Å². The van der Waals surface area contributed by atoms with E-state index in [1.807, 2.05) is 6.07 Å². The maximum atomic E-state index is 6.25. The fourth-order valence-electron chi connectivity index (χ4n) is 3.66. The van der Waals surface area contributed by atoms with Gasteiger partial charge in [-0.15, -0.1) is 11.3 Å². The topological polar surface area (TPSA) is 15.7 Å². The average molecular weight is 329 g/mol. The van der Waals surface area contributed by atoms with Gasteiger partial charge in [0.1, 0.15) is 0 Å². The van der Waals surface area contributed by atoms with Crippen molar-refractivity contribution in [3.63, 3.8) is 0 Å². The number of hydrogen-bond acceptors (Lipinski definition) is 4. The minimum Gasteiger partial charge on any atom is -0.373 e. The lowest BCUT2D eigenvalue weighted by molar-refractivity contribution is -0.0724. The third-order valence-electron chi connectivity index (χ3n) is 4.50. The van der Waals surface area contributed by atoms with Gasteiger partial charge in [0.05, 0.1) is 17.2 Å². The van der Waals surface area contributed by atoms with Crippen LogP contribution >= 0.6 is 22.9 Å². The number of halogens is 1. The lowest BCUT2D eigenvalue weighted by Crippen LogP contribution is -2.49. The van der Waals surface area contributed by atoms with E-state index in [4.69, 9.17) is 16.3 Å². The Hall–Kier alpha value is -0.130. The molecule has 21 heavy (non-hydrogen) atoms. The predicted octanol–water partition coefficient (Wildman–Crippen LogP) is 3.48. The van der Waals surface area contributed by atoms with Gasteiger partial charge in [-0.25, -0.2) is 0 Å². The number of rotatable bonds is 4. The van der Waals surface area contributed by atoms with E-state index in [1.165, 1.54) is 30.8 Å². The Morgan fingerprint density at radius 2 is 2.10 bits per heavy atom. The molecule has 2 aliphatic rings. The first-order chi connectivity index (χ1) is 10.1. The molecular weight excluding hydrogens is 304 g/mol. The molecule has 3 atom stereocenters. The van der Waals surface area contributed by atoms with Gasteiger partial charge in [-0.05, 0) is 44.7 Å². The molecule has 0 unspecified atom stereocenters. The highest BCUT2D eigenvalue weighted by Crippen LogP contribution is 2.28. The molecule has 0 saturated carbocycles. The molecule has 0 radical (unpaired) electrons. The summed E-state index contributed by atoms with van der Waals surface area (Å²) in [5.41, 5.74) is 0. The van der Waals surface area contributed by atoms with Crippen molar-refractivity contribution in [2.45, 2.75) is 51.5 Å². The Labute approximate surface area is 136 Å². The number of hydrogen-bond donors (Lipinski definition) is 0. The summed E-state index contributed by atoms with van der Waals surface area (Å²) in [6, 6.07) is 2.68. The molecular formula is C16H25ClN2OS. The summed E-state index contributed by atoms with van der Waals surface area (Å²) in [6.07, 6.45) is 3.33. The van der Waals surface area contributed by atoms with Crippen molar-refractivity contribution in [2.75, 3.05) is 26.2 Å². The van der Waals surface area contributed by atoms with Crippen LogP contribution in [0.4, 0.5) is 0 Å². The Kier molecular flexibility index (Phi) is 5.23. The van der Waals surface area contributed by atoms with E-state index >= 15 is 0 Å². The molecule has 1 aromatic heterocycles. The molecule has 0 amide bonds. The van der Waals surface area contributed by atoms with Crippen LogP contribution in [0, 0.1) is 0 Å². The van der Waals surface area contributed by atoms with Crippen molar-refractivity contribution >= 4 is 22.9 Å². The molecule has 0 bridgehead atoms. The molecule has 2 saturated heterocycles. The zero-order valence-electron chi connectivity index (χ0n) is 12.9. The standard InChI is InChI=1S/C16H25ClN2OS/c1-12-8-18(9-13(2)20-12)10-14-4-3-6-19(14)11-16-15(17)5-7-21-16/h5,7,12-14H,3-4,6,8-11H2,1-2H3/t12-,13-,14+/m1/s1. The summed E-state index contributed by atoms with van der Waals surface area (Å²) in [6.45, 7) is 9.87. The highest BCUT2D eigenvalue weighted by atomic mass is 35.5. The molecule has 118 valence electrons. The van der Waals surface area contributed by atoms with E-state index in [2.05, 4.69) is 29.0 Å². The average Bonchev–Trinajstić information content (AvgIpc) is 3.00. The minimum absolute atomic E-state index is 0.357. The molecule has 5 heteroatoms. The van der Waals surface area contributed by atoms with Crippen LogP contribution in [0.3, 0.4) is 0 Å². The third-order valence-corrected chi connectivity index (χ3v) is 5.87. The second kappa shape index (κ2) is 6.97. The first-order valence-corrected chi connectivity index (χ1v) is 9.21. The minimum atomic E-state index is 0.357. The SMILES string of the molecule is C[C@@H]1CN(C[C@@H]2CCCN2Cc2sccc2Cl)C[C@@H](C)O1. The summed E-state index contributed by atoms with van der Waals surface area (Å²) in [4.78, 5) is 6.51. The number of nitrogens with zero attached hydrogens (tertiary/aromatic N) is 2. The van der Waals surface area contributed by atoms with Crippen molar-refractivity contribution in [3.05, 3.63) is 21.3 Å². The van der Waals surface area contributed by atoms with Gasteiger partial charge in [0.15, 0.2) is 0 Å².